The average molecular weight is 785 g/mol. The summed E-state index contributed by atoms with van der Waals surface area (Å²) in [5.74, 6) is 0.180. The molecule has 1 N–H and O–H groups in total. The van der Waals surface area contributed by atoms with Crippen molar-refractivity contribution in [3.05, 3.63) is 154 Å². The summed E-state index contributed by atoms with van der Waals surface area (Å²) in [5.41, 5.74) is 2.41. The number of para-hydroxylation sites is 1. The fraction of sp³-hybridized carbons (Fsp3) is 0.256. The Kier molecular flexibility index (Phi) is 13.0. The lowest BCUT2D eigenvalue weighted by Crippen LogP contribution is -2.55. The molecule has 0 aromatic heterocycles. The topological polar surface area (TPSA) is 96.0 Å². The first-order valence-electron chi connectivity index (χ1n) is 18.1. The normalized spacial score (nSPS) is 13.8. The van der Waals surface area contributed by atoms with E-state index in [0.717, 1.165) is 47.5 Å². The first-order chi connectivity index (χ1) is 26.1. The Morgan fingerprint density at radius 3 is 1.98 bits per heavy atom. The van der Waals surface area contributed by atoms with Crippen LogP contribution < -0.4 is 14.4 Å². The van der Waals surface area contributed by atoms with Gasteiger partial charge in [0.05, 0.1) is 10.6 Å². The number of sulfonamides is 1. The van der Waals surface area contributed by atoms with Crippen molar-refractivity contribution in [2.24, 2.45) is 0 Å². The maximum Gasteiger partial charge on any atom is 0.264 e. The van der Waals surface area contributed by atoms with Gasteiger partial charge in [0, 0.05) is 34.6 Å². The monoisotopic (exact) mass is 783 g/mol. The summed E-state index contributed by atoms with van der Waals surface area (Å²) >= 11 is 13.4. The van der Waals surface area contributed by atoms with Crippen LogP contribution in [0.1, 0.15) is 48.8 Å². The highest BCUT2D eigenvalue weighted by atomic mass is 35.5. The SMILES string of the molecule is Cc1ccc(S(=O)(=O)N(CC(=O)N(Cc2c(Cl)cccc2Cl)C(Cc2ccccc2)C(=O)NC2CCCCC2)c2ccc(Oc3ccccc3)cc2)cc1. The van der Waals surface area contributed by atoms with Gasteiger partial charge in [-0.3, -0.25) is 13.9 Å². The van der Waals surface area contributed by atoms with E-state index in [1.807, 2.05) is 67.6 Å². The summed E-state index contributed by atoms with van der Waals surface area (Å²) in [6, 6.07) is 35.7. The number of carbonyl (C=O) groups is 2. The molecule has 0 spiro atoms. The zero-order valence-corrected chi connectivity index (χ0v) is 32.4. The van der Waals surface area contributed by atoms with E-state index < -0.39 is 28.5 Å². The van der Waals surface area contributed by atoms with E-state index in [1.165, 1.54) is 17.0 Å². The van der Waals surface area contributed by atoms with Gasteiger partial charge >= 0.3 is 0 Å². The Bertz CT molecular complexity index is 2110. The van der Waals surface area contributed by atoms with Crippen molar-refractivity contribution in [2.45, 2.75) is 69.0 Å². The first-order valence-corrected chi connectivity index (χ1v) is 20.3. The molecule has 1 atom stereocenters. The van der Waals surface area contributed by atoms with Crippen LogP contribution in [0.3, 0.4) is 0 Å². The van der Waals surface area contributed by atoms with Crippen molar-refractivity contribution in [1.82, 2.24) is 10.2 Å². The Hall–Kier alpha value is -4.83. The molecular formula is C43H43Cl2N3O5S. The van der Waals surface area contributed by atoms with Crippen LogP contribution in [0.4, 0.5) is 5.69 Å². The summed E-state index contributed by atoms with van der Waals surface area (Å²) in [4.78, 5) is 30.8. The summed E-state index contributed by atoms with van der Waals surface area (Å²) in [5, 5.41) is 3.86. The zero-order chi connectivity index (χ0) is 38.1. The first kappa shape index (κ1) is 38.9. The maximum absolute atomic E-state index is 15.0. The number of nitrogens with zero attached hydrogens (tertiary/aromatic N) is 2. The number of benzene rings is 5. The van der Waals surface area contributed by atoms with Crippen molar-refractivity contribution in [1.29, 1.82) is 0 Å². The van der Waals surface area contributed by atoms with Crippen LogP contribution >= 0.6 is 23.2 Å². The Balaban J connectivity index is 1.41. The Morgan fingerprint density at radius 2 is 1.35 bits per heavy atom. The number of nitrogens with one attached hydrogen (secondary N) is 1. The fourth-order valence-corrected chi connectivity index (χ4v) is 8.55. The van der Waals surface area contributed by atoms with Crippen LogP contribution in [0.2, 0.25) is 10.0 Å². The van der Waals surface area contributed by atoms with Gasteiger partial charge in [-0.1, -0.05) is 115 Å². The molecule has 1 fully saturated rings. The van der Waals surface area contributed by atoms with Gasteiger partial charge in [-0.2, -0.15) is 0 Å². The number of amides is 2. The highest BCUT2D eigenvalue weighted by Crippen LogP contribution is 2.31. The minimum Gasteiger partial charge on any atom is -0.457 e. The molecule has 0 saturated heterocycles. The lowest BCUT2D eigenvalue weighted by Gasteiger charge is -2.35. The van der Waals surface area contributed by atoms with Crippen LogP contribution in [0, 0.1) is 6.92 Å². The number of hydrogen-bond acceptors (Lipinski definition) is 5. The second-order valence-corrected chi connectivity index (χ2v) is 16.2. The van der Waals surface area contributed by atoms with E-state index in [2.05, 4.69) is 5.32 Å². The van der Waals surface area contributed by atoms with Crippen molar-refractivity contribution in [3.8, 4) is 11.5 Å². The Labute approximate surface area is 327 Å². The summed E-state index contributed by atoms with van der Waals surface area (Å²) in [7, 11) is -4.30. The molecule has 5 aromatic rings. The van der Waals surface area contributed by atoms with E-state index in [9.17, 15) is 18.0 Å². The number of halogens is 2. The molecule has 8 nitrogen and oxygen atoms in total. The van der Waals surface area contributed by atoms with Crippen molar-refractivity contribution in [2.75, 3.05) is 10.8 Å². The predicted molar refractivity (Wildman–Crippen MR) is 215 cm³/mol. The van der Waals surface area contributed by atoms with E-state index in [1.54, 1.807) is 54.6 Å². The molecule has 0 aliphatic heterocycles. The summed E-state index contributed by atoms with van der Waals surface area (Å²) in [6.07, 6.45) is 5.01. The van der Waals surface area contributed by atoms with E-state index in [4.69, 9.17) is 27.9 Å². The summed E-state index contributed by atoms with van der Waals surface area (Å²) in [6.45, 7) is 1.13. The molecule has 1 aliphatic carbocycles. The highest BCUT2D eigenvalue weighted by molar-refractivity contribution is 7.92. The second-order valence-electron chi connectivity index (χ2n) is 13.5. The fourth-order valence-electron chi connectivity index (χ4n) is 6.62. The number of hydrogen-bond donors (Lipinski definition) is 1. The minimum atomic E-state index is -4.30. The van der Waals surface area contributed by atoms with Gasteiger partial charge in [-0.15, -0.1) is 0 Å². The van der Waals surface area contributed by atoms with Gasteiger partial charge in [-0.05, 0) is 86.0 Å². The van der Waals surface area contributed by atoms with Crippen LogP contribution in [-0.2, 0) is 32.6 Å². The molecule has 6 rings (SSSR count). The third-order valence-electron chi connectivity index (χ3n) is 9.60. The second kappa shape index (κ2) is 18.0. The van der Waals surface area contributed by atoms with Gasteiger partial charge in [0.2, 0.25) is 11.8 Å². The highest BCUT2D eigenvalue weighted by Gasteiger charge is 2.36. The third kappa shape index (κ3) is 9.82. The largest absolute Gasteiger partial charge is 0.457 e. The molecule has 1 saturated carbocycles. The average Bonchev–Trinajstić information content (AvgIpc) is 3.18. The van der Waals surface area contributed by atoms with E-state index in [0.29, 0.717) is 27.1 Å². The number of anilines is 1. The smallest absolute Gasteiger partial charge is 0.264 e. The molecule has 54 heavy (non-hydrogen) atoms. The van der Waals surface area contributed by atoms with Gasteiger partial charge in [0.1, 0.15) is 24.1 Å². The molecule has 11 heteroatoms. The van der Waals surface area contributed by atoms with Crippen molar-refractivity contribution >= 4 is 50.7 Å². The van der Waals surface area contributed by atoms with Gasteiger partial charge in [0.25, 0.3) is 10.0 Å². The molecule has 0 radical (unpaired) electrons. The molecule has 0 bridgehead atoms. The lowest BCUT2D eigenvalue weighted by molar-refractivity contribution is -0.140. The van der Waals surface area contributed by atoms with E-state index in [-0.39, 0.29) is 35.5 Å². The standard InChI is InChI=1S/C43H43Cl2N3O5S/c1-31-20-26-37(27-21-31)54(51,52)48(34-22-24-36(25-23-34)53-35-16-9-4-10-17-35)30-42(49)47(29-38-39(44)18-11-19-40(38)45)41(28-32-12-5-2-6-13-32)43(50)46-33-14-7-3-8-15-33/h2,4-6,9-13,16-27,33,41H,3,7-8,14-15,28-30H2,1H3,(H,46,50). The zero-order valence-electron chi connectivity index (χ0n) is 30.0. The molecule has 5 aromatic carbocycles. The number of carbonyl (C=O) groups excluding carboxylic acids is 2. The van der Waals surface area contributed by atoms with Crippen LogP contribution in [0.25, 0.3) is 0 Å². The van der Waals surface area contributed by atoms with Crippen molar-refractivity contribution in [3.63, 3.8) is 0 Å². The molecule has 1 unspecified atom stereocenters. The number of ether oxygens (including phenoxy) is 1. The lowest BCUT2D eigenvalue weighted by atomic mass is 9.94. The predicted octanol–water partition coefficient (Wildman–Crippen LogP) is 9.38. The third-order valence-corrected chi connectivity index (χ3v) is 12.1. The Morgan fingerprint density at radius 1 is 0.759 bits per heavy atom. The van der Waals surface area contributed by atoms with Crippen LogP contribution in [0.15, 0.2) is 132 Å². The molecular weight excluding hydrogens is 741 g/mol. The number of rotatable bonds is 14. The quantitative estimate of drug-likeness (QED) is 0.121. The molecule has 2 amide bonds. The summed E-state index contributed by atoms with van der Waals surface area (Å²) < 4.78 is 36.1. The van der Waals surface area contributed by atoms with Crippen LogP contribution in [0.5, 0.6) is 11.5 Å². The van der Waals surface area contributed by atoms with Crippen molar-refractivity contribution < 1.29 is 22.7 Å². The maximum atomic E-state index is 15.0. The molecule has 1 aliphatic rings. The molecule has 0 heterocycles. The van der Waals surface area contributed by atoms with E-state index >= 15 is 0 Å². The van der Waals surface area contributed by atoms with Gasteiger partial charge in [0.15, 0.2) is 0 Å². The van der Waals surface area contributed by atoms with Gasteiger partial charge in [-0.25, -0.2) is 8.42 Å². The minimum absolute atomic E-state index is 0.0158. The van der Waals surface area contributed by atoms with Crippen LogP contribution in [-0.4, -0.2) is 43.8 Å². The molecule has 280 valence electrons. The number of aryl methyl sites for hydroxylation is 1. The van der Waals surface area contributed by atoms with Gasteiger partial charge < -0.3 is 15.0 Å².